The summed E-state index contributed by atoms with van der Waals surface area (Å²) in [6.45, 7) is 4.83. The van der Waals surface area contributed by atoms with Gasteiger partial charge in [-0.25, -0.2) is 0 Å². The van der Waals surface area contributed by atoms with Crippen molar-refractivity contribution in [3.05, 3.63) is 0 Å². The predicted molar refractivity (Wildman–Crippen MR) is 43.8 cm³/mol. The first-order chi connectivity index (χ1) is 4.76. The second-order valence-electron chi connectivity index (χ2n) is 4.52. The standard InChI is InChI=1S/C10H18/c1-8(2)10-6-3-4-9(10)5-7-10/h8-9H,3-7H2,1-2H3. The molecule has 2 atom stereocenters. The topological polar surface area (TPSA) is 0 Å². The van der Waals surface area contributed by atoms with Crippen LogP contribution in [0.1, 0.15) is 46.0 Å². The SMILES string of the molecule is CC(C)C12CCCC1CC2. The number of fused-ring (bicyclic) bond motifs is 1. The van der Waals surface area contributed by atoms with Gasteiger partial charge in [0.1, 0.15) is 0 Å². The first kappa shape index (κ1) is 6.69. The molecular weight excluding hydrogens is 120 g/mol. The Morgan fingerprint density at radius 2 is 2.00 bits per heavy atom. The lowest BCUT2D eigenvalue weighted by Gasteiger charge is -2.48. The highest BCUT2D eigenvalue weighted by Gasteiger charge is 2.50. The summed E-state index contributed by atoms with van der Waals surface area (Å²) in [7, 11) is 0. The van der Waals surface area contributed by atoms with E-state index in [9.17, 15) is 0 Å². The molecule has 0 aromatic heterocycles. The van der Waals surface area contributed by atoms with Gasteiger partial charge in [-0.05, 0) is 42.9 Å². The largest absolute Gasteiger partial charge is 0.0622 e. The van der Waals surface area contributed by atoms with Crippen LogP contribution in [0.3, 0.4) is 0 Å². The third-order valence-corrected chi connectivity index (χ3v) is 4.12. The molecule has 10 heavy (non-hydrogen) atoms. The molecule has 0 heterocycles. The molecule has 0 aliphatic heterocycles. The lowest BCUT2D eigenvalue weighted by molar-refractivity contribution is 0.0120. The van der Waals surface area contributed by atoms with Crippen LogP contribution >= 0.6 is 0 Å². The van der Waals surface area contributed by atoms with Gasteiger partial charge >= 0.3 is 0 Å². The minimum absolute atomic E-state index is 0.833. The average Bonchev–Trinajstić information content (AvgIpc) is 2.09. The minimum atomic E-state index is 0.833. The Labute approximate surface area is 64.0 Å². The van der Waals surface area contributed by atoms with E-state index < -0.39 is 0 Å². The van der Waals surface area contributed by atoms with Crippen molar-refractivity contribution in [2.24, 2.45) is 17.3 Å². The first-order valence-electron chi connectivity index (χ1n) is 4.76. The maximum Gasteiger partial charge on any atom is -0.0246 e. The van der Waals surface area contributed by atoms with E-state index >= 15 is 0 Å². The van der Waals surface area contributed by atoms with E-state index in [2.05, 4.69) is 13.8 Å². The van der Waals surface area contributed by atoms with Gasteiger partial charge in [0.25, 0.3) is 0 Å². The highest BCUT2D eigenvalue weighted by Crippen LogP contribution is 2.61. The van der Waals surface area contributed by atoms with Crippen molar-refractivity contribution in [3.8, 4) is 0 Å². The maximum atomic E-state index is 2.41. The molecule has 0 amide bonds. The summed E-state index contributed by atoms with van der Waals surface area (Å²) >= 11 is 0. The summed E-state index contributed by atoms with van der Waals surface area (Å²) in [6, 6.07) is 0. The fraction of sp³-hybridized carbons (Fsp3) is 1.00. The van der Waals surface area contributed by atoms with Gasteiger partial charge in [0.15, 0.2) is 0 Å². The molecule has 0 spiro atoms. The quantitative estimate of drug-likeness (QED) is 0.522. The van der Waals surface area contributed by atoms with Gasteiger partial charge in [0.2, 0.25) is 0 Å². The van der Waals surface area contributed by atoms with Crippen LogP contribution in [0, 0.1) is 17.3 Å². The molecule has 2 saturated carbocycles. The van der Waals surface area contributed by atoms with E-state index in [-0.39, 0.29) is 0 Å². The Bertz CT molecular complexity index is 137. The molecule has 2 aliphatic carbocycles. The molecular formula is C10H18. The molecule has 0 aromatic carbocycles. The fourth-order valence-electron chi connectivity index (χ4n) is 3.21. The first-order valence-corrected chi connectivity index (χ1v) is 4.76. The van der Waals surface area contributed by atoms with E-state index in [1.807, 2.05) is 0 Å². The van der Waals surface area contributed by atoms with Crippen LogP contribution in [0.5, 0.6) is 0 Å². The molecule has 0 aromatic rings. The van der Waals surface area contributed by atoms with Crippen LogP contribution in [0.25, 0.3) is 0 Å². The summed E-state index contributed by atoms with van der Waals surface area (Å²) in [5.74, 6) is 2.08. The summed E-state index contributed by atoms with van der Waals surface area (Å²) in [6.07, 6.45) is 7.67. The molecule has 0 radical (unpaired) electrons. The predicted octanol–water partition coefficient (Wildman–Crippen LogP) is 3.22. The van der Waals surface area contributed by atoms with Crippen molar-refractivity contribution in [1.82, 2.24) is 0 Å². The summed E-state index contributed by atoms with van der Waals surface area (Å²) in [4.78, 5) is 0. The molecule has 0 bridgehead atoms. The van der Waals surface area contributed by atoms with Gasteiger partial charge in [-0.1, -0.05) is 20.3 Å². The molecule has 58 valence electrons. The third-order valence-electron chi connectivity index (χ3n) is 4.12. The van der Waals surface area contributed by atoms with Gasteiger partial charge in [-0.2, -0.15) is 0 Å². The van der Waals surface area contributed by atoms with Gasteiger partial charge in [-0.15, -0.1) is 0 Å². The lowest BCUT2D eigenvalue weighted by Crippen LogP contribution is -2.40. The second kappa shape index (κ2) is 1.99. The molecule has 0 N–H and O–H groups in total. The summed E-state index contributed by atoms with van der Waals surface area (Å²) in [5, 5.41) is 0. The summed E-state index contributed by atoms with van der Waals surface area (Å²) < 4.78 is 0. The van der Waals surface area contributed by atoms with Gasteiger partial charge < -0.3 is 0 Å². The Morgan fingerprint density at radius 1 is 1.20 bits per heavy atom. The van der Waals surface area contributed by atoms with Crippen LogP contribution in [0.2, 0.25) is 0 Å². The van der Waals surface area contributed by atoms with E-state index in [0.29, 0.717) is 0 Å². The van der Waals surface area contributed by atoms with E-state index in [4.69, 9.17) is 0 Å². The van der Waals surface area contributed by atoms with Crippen molar-refractivity contribution in [2.75, 3.05) is 0 Å². The summed E-state index contributed by atoms with van der Waals surface area (Å²) in [5.41, 5.74) is 0.833. The van der Waals surface area contributed by atoms with Gasteiger partial charge in [0.05, 0.1) is 0 Å². The number of hydrogen-bond acceptors (Lipinski definition) is 0. The molecule has 0 saturated heterocycles. The zero-order valence-corrected chi connectivity index (χ0v) is 7.19. The Balaban J connectivity index is 2.14. The Morgan fingerprint density at radius 3 is 2.30 bits per heavy atom. The Kier molecular flexibility index (Phi) is 1.33. The molecule has 2 unspecified atom stereocenters. The van der Waals surface area contributed by atoms with Crippen LogP contribution in [0.4, 0.5) is 0 Å². The van der Waals surface area contributed by atoms with Crippen LogP contribution in [0.15, 0.2) is 0 Å². The van der Waals surface area contributed by atoms with Crippen molar-refractivity contribution in [2.45, 2.75) is 46.0 Å². The lowest BCUT2D eigenvalue weighted by atomic mass is 9.56. The van der Waals surface area contributed by atoms with Crippen molar-refractivity contribution >= 4 is 0 Å². The van der Waals surface area contributed by atoms with Crippen LogP contribution in [-0.2, 0) is 0 Å². The smallest absolute Gasteiger partial charge is 0.0246 e. The zero-order valence-electron chi connectivity index (χ0n) is 7.19. The molecule has 2 aliphatic rings. The highest BCUT2D eigenvalue weighted by atomic mass is 14.6. The molecule has 2 fully saturated rings. The molecule has 2 rings (SSSR count). The van der Waals surface area contributed by atoms with Gasteiger partial charge in [0, 0.05) is 0 Å². The second-order valence-corrected chi connectivity index (χ2v) is 4.52. The van der Waals surface area contributed by atoms with Crippen molar-refractivity contribution < 1.29 is 0 Å². The normalized spacial score (nSPS) is 45.3. The van der Waals surface area contributed by atoms with Crippen LogP contribution < -0.4 is 0 Å². The third kappa shape index (κ3) is 0.627. The van der Waals surface area contributed by atoms with Crippen molar-refractivity contribution in [3.63, 3.8) is 0 Å². The monoisotopic (exact) mass is 138 g/mol. The van der Waals surface area contributed by atoms with E-state index in [1.54, 1.807) is 0 Å². The highest BCUT2D eigenvalue weighted by molar-refractivity contribution is 5.01. The zero-order chi connectivity index (χ0) is 7.19. The van der Waals surface area contributed by atoms with E-state index in [0.717, 1.165) is 17.3 Å². The number of hydrogen-bond donors (Lipinski definition) is 0. The molecule has 0 nitrogen and oxygen atoms in total. The average molecular weight is 138 g/mol. The van der Waals surface area contributed by atoms with E-state index in [1.165, 1.54) is 32.1 Å². The Hall–Kier alpha value is 0. The number of rotatable bonds is 1. The molecule has 0 heteroatoms. The fourth-order valence-corrected chi connectivity index (χ4v) is 3.21. The minimum Gasteiger partial charge on any atom is -0.0622 e. The van der Waals surface area contributed by atoms with Crippen LogP contribution in [-0.4, -0.2) is 0 Å². The maximum absolute atomic E-state index is 2.41. The van der Waals surface area contributed by atoms with Gasteiger partial charge in [-0.3, -0.25) is 0 Å². The van der Waals surface area contributed by atoms with Crippen molar-refractivity contribution in [1.29, 1.82) is 0 Å².